The number of nitriles is 1. The van der Waals surface area contributed by atoms with Gasteiger partial charge in [0.05, 0.1) is 23.2 Å². The average molecular weight is 285 g/mol. The van der Waals surface area contributed by atoms with E-state index in [0.717, 1.165) is 10.9 Å². The number of nitrogens with zero attached hydrogens (tertiary/aromatic N) is 2. The fourth-order valence-corrected chi connectivity index (χ4v) is 2.51. The van der Waals surface area contributed by atoms with Crippen molar-refractivity contribution in [1.82, 2.24) is 4.57 Å². The van der Waals surface area contributed by atoms with Gasteiger partial charge in [0.2, 0.25) is 0 Å². The Morgan fingerprint density at radius 3 is 2.75 bits per heavy atom. The molecule has 0 spiro atoms. The molecule has 0 fully saturated rings. The van der Waals surface area contributed by atoms with Gasteiger partial charge >= 0.3 is 0 Å². The molecule has 0 saturated heterocycles. The van der Waals surface area contributed by atoms with Crippen LogP contribution in [0.1, 0.15) is 11.1 Å². The Hall–Kier alpha value is -2.31. The van der Waals surface area contributed by atoms with E-state index in [2.05, 4.69) is 6.07 Å². The normalized spacial score (nSPS) is 10.7. The van der Waals surface area contributed by atoms with Gasteiger partial charge in [-0.25, -0.2) is 4.39 Å². The lowest BCUT2D eigenvalue weighted by Gasteiger charge is -2.08. The second kappa shape index (κ2) is 4.99. The molecule has 0 saturated carbocycles. The number of fused-ring (bicyclic) bond motifs is 1. The molecule has 1 aromatic heterocycles. The molecule has 0 atom stereocenters. The van der Waals surface area contributed by atoms with Crippen LogP contribution in [0.25, 0.3) is 10.9 Å². The standard InChI is InChI=1S/C16H10ClFN2/c17-14-5-1-4-12(16(14)18)10-20-8-7-13-11(9-19)3-2-6-15(13)20/h1-8H,10H2. The SMILES string of the molecule is N#Cc1cccc2c1ccn2Cc1cccc(Cl)c1F. The molecule has 4 heteroatoms. The van der Waals surface area contributed by atoms with Crippen molar-refractivity contribution in [1.29, 1.82) is 5.26 Å². The van der Waals surface area contributed by atoms with Crippen molar-refractivity contribution in [3.8, 4) is 6.07 Å². The molecule has 0 N–H and O–H groups in total. The molecule has 3 aromatic rings. The highest BCUT2D eigenvalue weighted by Gasteiger charge is 2.09. The van der Waals surface area contributed by atoms with Crippen LogP contribution in [0.5, 0.6) is 0 Å². The van der Waals surface area contributed by atoms with Crippen molar-refractivity contribution in [3.05, 3.63) is 70.6 Å². The van der Waals surface area contributed by atoms with Crippen LogP contribution in [0, 0.1) is 17.1 Å². The summed E-state index contributed by atoms with van der Waals surface area (Å²) in [6, 6.07) is 14.5. The van der Waals surface area contributed by atoms with E-state index in [9.17, 15) is 4.39 Å². The highest BCUT2D eigenvalue weighted by atomic mass is 35.5. The van der Waals surface area contributed by atoms with E-state index < -0.39 is 5.82 Å². The number of rotatable bonds is 2. The summed E-state index contributed by atoms with van der Waals surface area (Å²) in [4.78, 5) is 0. The Labute approximate surface area is 120 Å². The maximum Gasteiger partial charge on any atom is 0.146 e. The van der Waals surface area contributed by atoms with Gasteiger partial charge in [0.25, 0.3) is 0 Å². The van der Waals surface area contributed by atoms with Gasteiger partial charge in [-0.05, 0) is 24.3 Å². The monoisotopic (exact) mass is 284 g/mol. The van der Waals surface area contributed by atoms with Crippen molar-refractivity contribution in [2.75, 3.05) is 0 Å². The smallest absolute Gasteiger partial charge is 0.146 e. The summed E-state index contributed by atoms with van der Waals surface area (Å²) >= 11 is 5.79. The maximum atomic E-state index is 13.9. The molecule has 0 amide bonds. The van der Waals surface area contributed by atoms with Gasteiger partial charge in [-0.2, -0.15) is 5.26 Å². The van der Waals surface area contributed by atoms with Crippen LogP contribution in [0.3, 0.4) is 0 Å². The third-order valence-electron chi connectivity index (χ3n) is 3.31. The van der Waals surface area contributed by atoms with E-state index in [1.165, 1.54) is 6.07 Å². The van der Waals surface area contributed by atoms with E-state index >= 15 is 0 Å². The average Bonchev–Trinajstić information content (AvgIpc) is 2.87. The Balaban J connectivity index is 2.08. The molecule has 2 aromatic carbocycles. The lowest BCUT2D eigenvalue weighted by Crippen LogP contribution is -2.00. The zero-order valence-electron chi connectivity index (χ0n) is 10.5. The van der Waals surface area contributed by atoms with E-state index in [0.29, 0.717) is 17.7 Å². The summed E-state index contributed by atoms with van der Waals surface area (Å²) in [5.41, 5.74) is 2.05. The zero-order chi connectivity index (χ0) is 14.1. The van der Waals surface area contributed by atoms with Crippen LogP contribution in [0.4, 0.5) is 4.39 Å². The van der Waals surface area contributed by atoms with Crippen LogP contribution in [0.15, 0.2) is 48.7 Å². The highest BCUT2D eigenvalue weighted by molar-refractivity contribution is 6.30. The predicted octanol–water partition coefficient (Wildman–Crippen LogP) is 4.35. The first-order valence-electron chi connectivity index (χ1n) is 6.11. The van der Waals surface area contributed by atoms with Crippen molar-refractivity contribution in [2.45, 2.75) is 6.54 Å². The second-order valence-corrected chi connectivity index (χ2v) is 4.91. The first kappa shape index (κ1) is 12.7. The maximum absolute atomic E-state index is 13.9. The number of benzene rings is 2. The third-order valence-corrected chi connectivity index (χ3v) is 3.60. The van der Waals surface area contributed by atoms with E-state index in [1.54, 1.807) is 18.2 Å². The molecular formula is C16H10ClFN2. The quantitative estimate of drug-likeness (QED) is 0.687. The summed E-state index contributed by atoms with van der Waals surface area (Å²) in [6.07, 6.45) is 1.85. The largest absolute Gasteiger partial charge is 0.343 e. The summed E-state index contributed by atoms with van der Waals surface area (Å²) in [5.74, 6) is -0.396. The van der Waals surface area contributed by atoms with Gasteiger partial charge in [0.1, 0.15) is 5.82 Å². The van der Waals surface area contributed by atoms with Crippen LogP contribution in [-0.2, 0) is 6.54 Å². The van der Waals surface area contributed by atoms with Crippen molar-refractivity contribution < 1.29 is 4.39 Å². The molecular weight excluding hydrogens is 275 g/mol. The summed E-state index contributed by atoms with van der Waals surface area (Å²) in [7, 11) is 0. The fourth-order valence-electron chi connectivity index (χ4n) is 2.31. The molecule has 2 nitrogen and oxygen atoms in total. The van der Waals surface area contributed by atoms with Crippen molar-refractivity contribution in [3.63, 3.8) is 0 Å². The van der Waals surface area contributed by atoms with Crippen molar-refractivity contribution in [2.24, 2.45) is 0 Å². The lowest BCUT2D eigenvalue weighted by atomic mass is 10.1. The molecule has 0 aliphatic heterocycles. The molecule has 0 bridgehead atoms. The van der Waals surface area contributed by atoms with Crippen LogP contribution in [-0.4, -0.2) is 4.57 Å². The lowest BCUT2D eigenvalue weighted by molar-refractivity contribution is 0.602. The first-order chi connectivity index (χ1) is 9.70. The van der Waals surface area contributed by atoms with Crippen molar-refractivity contribution >= 4 is 22.5 Å². The third kappa shape index (κ3) is 2.04. The summed E-state index contributed by atoms with van der Waals surface area (Å²) in [6.45, 7) is 0.380. The number of hydrogen-bond acceptors (Lipinski definition) is 1. The van der Waals surface area contributed by atoms with E-state index in [4.69, 9.17) is 16.9 Å². The summed E-state index contributed by atoms with van der Waals surface area (Å²) in [5, 5.41) is 10.1. The van der Waals surface area contributed by atoms with Crippen LogP contribution >= 0.6 is 11.6 Å². The van der Waals surface area contributed by atoms with Gasteiger partial charge < -0.3 is 4.57 Å². The number of halogens is 2. The molecule has 3 rings (SSSR count). The first-order valence-corrected chi connectivity index (χ1v) is 6.49. The zero-order valence-corrected chi connectivity index (χ0v) is 11.2. The minimum atomic E-state index is -0.396. The second-order valence-electron chi connectivity index (χ2n) is 4.51. The Morgan fingerprint density at radius 1 is 1.15 bits per heavy atom. The summed E-state index contributed by atoms with van der Waals surface area (Å²) < 4.78 is 15.8. The number of hydrogen-bond donors (Lipinski definition) is 0. The Bertz CT molecular complexity index is 830. The van der Waals surface area contributed by atoms with E-state index in [1.807, 2.05) is 29.0 Å². The molecule has 0 aliphatic rings. The molecule has 98 valence electrons. The predicted molar refractivity (Wildman–Crippen MR) is 77.2 cm³/mol. The van der Waals surface area contributed by atoms with Gasteiger partial charge in [0, 0.05) is 22.7 Å². The highest BCUT2D eigenvalue weighted by Crippen LogP contribution is 2.23. The molecule has 1 heterocycles. The van der Waals surface area contributed by atoms with Gasteiger partial charge in [-0.3, -0.25) is 0 Å². The Morgan fingerprint density at radius 2 is 1.95 bits per heavy atom. The fraction of sp³-hybridized carbons (Fsp3) is 0.0625. The molecule has 0 aliphatic carbocycles. The minimum Gasteiger partial charge on any atom is -0.343 e. The minimum absolute atomic E-state index is 0.122. The molecule has 0 radical (unpaired) electrons. The topological polar surface area (TPSA) is 28.7 Å². The van der Waals surface area contributed by atoms with Gasteiger partial charge in [-0.15, -0.1) is 0 Å². The van der Waals surface area contributed by atoms with Gasteiger partial charge in [-0.1, -0.05) is 29.8 Å². The molecule has 0 unspecified atom stereocenters. The number of aromatic nitrogens is 1. The Kier molecular flexibility index (Phi) is 3.17. The van der Waals surface area contributed by atoms with Crippen LogP contribution < -0.4 is 0 Å². The van der Waals surface area contributed by atoms with Crippen LogP contribution in [0.2, 0.25) is 5.02 Å². The van der Waals surface area contributed by atoms with E-state index in [-0.39, 0.29) is 5.02 Å². The molecule has 20 heavy (non-hydrogen) atoms. The van der Waals surface area contributed by atoms with Gasteiger partial charge in [0.15, 0.2) is 0 Å².